The third-order valence-electron chi connectivity index (χ3n) is 5.38. The van der Waals surface area contributed by atoms with Crippen molar-refractivity contribution in [3.05, 3.63) is 52.1 Å². The van der Waals surface area contributed by atoms with E-state index in [9.17, 15) is 18.8 Å². The minimum atomic E-state index is -1.05. The number of rotatable bonds is 5. The van der Waals surface area contributed by atoms with E-state index in [1.807, 2.05) is 0 Å². The summed E-state index contributed by atoms with van der Waals surface area (Å²) in [6.07, 6.45) is 0. The number of carbonyl (C=O) groups excluding carboxylic acids is 3. The van der Waals surface area contributed by atoms with Crippen LogP contribution in [0.4, 0.5) is 10.1 Å². The highest BCUT2D eigenvalue weighted by atomic mass is 19.1. The van der Waals surface area contributed by atoms with E-state index in [4.69, 9.17) is 15.1 Å². The van der Waals surface area contributed by atoms with Crippen molar-refractivity contribution in [2.45, 2.75) is 19.4 Å². The van der Waals surface area contributed by atoms with E-state index < -0.39 is 35.6 Å². The number of nitrogens with zero attached hydrogens (tertiary/aromatic N) is 2. The van der Waals surface area contributed by atoms with Crippen LogP contribution in [0.15, 0.2) is 18.2 Å². The van der Waals surface area contributed by atoms with Gasteiger partial charge in [-0.1, -0.05) is 11.8 Å². The Morgan fingerprint density at radius 1 is 1.30 bits per heavy atom. The molecule has 9 nitrogen and oxygen atoms in total. The molecule has 1 fully saturated rings. The molecule has 0 unspecified atom stereocenters. The number of Topliss-reactive ketones (excluding diaryl/α,β-unsaturated/α-hetero) is 1. The molecular weight excluding hydrogens is 431 g/mol. The highest BCUT2D eigenvalue weighted by molar-refractivity contribution is 6.44. The molecule has 0 bridgehead atoms. The van der Waals surface area contributed by atoms with E-state index in [0.29, 0.717) is 5.69 Å². The number of anilines is 1. The van der Waals surface area contributed by atoms with Gasteiger partial charge in [-0.05, 0) is 37.6 Å². The molecule has 1 saturated heterocycles. The minimum absolute atomic E-state index is 0.0717. The molecule has 170 valence electrons. The summed E-state index contributed by atoms with van der Waals surface area (Å²) in [5, 5.41) is 23.0. The summed E-state index contributed by atoms with van der Waals surface area (Å²) in [6.45, 7) is 2.92. The van der Waals surface area contributed by atoms with Crippen molar-refractivity contribution >= 4 is 23.3 Å². The van der Waals surface area contributed by atoms with E-state index in [1.165, 1.54) is 16.7 Å². The van der Waals surface area contributed by atoms with Gasteiger partial charge in [-0.15, -0.1) is 0 Å². The van der Waals surface area contributed by atoms with Gasteiger partial charge in [0.2, 0.25) is 0 Å². The third-order valence-corrected chi connectivity index (χ3v) is 5.38. The fourth-order valence-corrected chi connectivity index (χ4v) is 3.59. The zero-order valence-corrected chi connectivity index (χ0v) is 18.2. The van der Waals surface area contributed by atoms with Crippen LogP contribution < -0.4 is 10.6 Å². The lowest BCUT2D eigenvalue weighted by Crippen LogP contribution is -2.62. The Bertz CT molecular complexity index is 1260. The lowest BCUT2D eigenvalue weighted by molar-refractivity contribution is -0.124. The molecule has 0 atom stereocenters. The molecule has 2 amide bonds. The summed E-state index contributed by atoms with van der Waals surface area (Å²) in [5.74, 6) is 2.10. The average molecular weight is 452 g/mol. The average Bonchev–Trinajstić information content (AvgIpc) is 2.98. The first kappa shape index (κ1) is 23.7. The Kier molecular flexibility index (Phi) is 6.63. The van der Waals surface area contributed by atoms with Crippen LogP contribution in [0, 0.1) is 42.8 Å². The molecule has 0 spiro atoms. The molecule has 1 aromatic heterocycles. The van der Waals surface area contributed by atoms with Gasteiger partial charge in [0.15, 0.2) is 0 Å². The monoisotopic (exact) mass is 452 g/mol. The van der Waals surface area contributed by atoms with Crippen LogP contribution in [0.3, 0.4) is 0 Å². The molecule has 33 heavy (non-hydrogen) atoms. The molecule has 3 rings (SSSR count). The minimum Gasteiger partial charge on any atom is -0.384 e. The van der Waals surface area contributed by atoms with Gasteiger partial charge >= 0.3 is 0 Å². The van der Waals surface area contributed by atoms with Crippen LogP contribution in [0.2, 0.25) is 0 Å². The highest BCUT2D eigenvalue weighted by Crippen LogP contribution is 2.24. The number of aliphatic hydroxyl groups excluding tert-OH is 1. The maximum Gasteiger partial charge on any atom is 0.293 e. The third kappa shape index (κ3) is 4.48. The molecule has 1 aliphatic rings. The van der Waals surface area contributed by atoms with Gasteiger partial charge < -0.3 is 25.0 Å². The second-order valence-electron chi connectivity index (χ2n) is 7.57. The maximum atomic E-state index is 13.6. The zero-order valence-electron chi connectivity index (χ0n) is 18.2. The largest absolute Gasteiger partial charge is 0.384 e. The van der Waals surface area contributed by atoms with Crippen LogP contribution in [0.5, 0.6) is 0 Å². The first-order valence-corrected chi connectivity index (χ1v) is 9.86. The topological polar surface area (TPSA) is 133 Å². The summed E-state index contributed by atoms with van der Waals surface area (Å²) < 4.78 is 20.1. The number of nitriles is 1. The summed E-state index contributed by atoms with van der Waals surface area (Å²) in [6, 6.07) is 5.28. The molecule has 2 heterocycles. The molecule has 2 aromatic rings. The van der Waals surface area contributed by atoms with Gasteiger partial charge in [0.25, 0.3) is 17.6 Å². The summed E-state index contributed by atoms with van der Waals surface area (Å²) in [4.78, 5) is 38.6. The Balaban J connectivity index is 1.87. The van der Waals surface area contributed by atoms with Crippen LogP contribution in [0.1, 0.15) is 37.7 Å². The van der Waals surface area contributed by atoms with Gasteiger partial charge in [-0.25, -0.2) is 4.39 Å². The number of aromatic nitrogens is 1. The quantitative estimate of drug-likeness (QED) is 0.352. The SMILES string of the molecule is Cc1c(C(=O)C(=O)NC2(C#CCO)COC2)c(C)n(C)c1C(=O)Nc1ccc(F)c(C#N)c1. The lowest BCUT2D eigenvalue weighted by Gasteiger charge is -2.37. The number of ether oxygens (including phenoxy) is 1. The van der Waals surface area contributed by atoms with Gasteiger partial charge in [-0.2, -0.15) is 5.26 Å². The highest BCUT2D eigenvalue weighted by Gasteiger charge is 2.41. The summed E-state index contributed by atoms with van der Waals surface area (Å²) >= 11 is 0. The van der Waals surface area contributed by atoms with E-state index in [1.54, 1.807) is 27.0 Å². The maximum absolute atomic E-state index is 13.6. The van der Waals surface area contributed by atoms with Gasteiger partial charge in [0.1, 0.15) is 29.7 Å². The van der Waals surface area contributed by atoms with Crippen LogP contribution in [-0.2, 0) is 16.6 Å². The van der Waals surface area contributed by atoms with E-state index >= 15 is 0 Å². The van der Waals surface area contributed by atoms with Gasteiger partial charge in [0, 0.05) is 18.4 Å². The van der Waals surface area contributed by atoms with E-state index in [0.717, 1.165) is 6.07 Å². The number of amides is 2. The van der Waals surface area contributed by atoms with Crippen LogP contribution >= 0.6 is 0 Å². The van der Waals surface area contributed by atoms with Crippen molar-refractivity contribution in [1.82, 2.24) is 9.88 Å². The first-order valence-electron chi connectivity index (χ1n) is 9.86. The number of carbonyl (C=O) groups is 3. The molecule has 3 N–H and O–H groups in total. The number of halogens is 1. The molecular formula is C23H21FN4O5. The Morgan fingerprint density at radius 2 is 2.00 bits per heavy atom. The van der Waals surface area contributed by atoms with Crippen molar-refractivity contribution in [1.29, 1.82) is 5.26 Å². The van der Waals surface area contributed by atoms with Crippen molar-refractivity contribution in [3.8, 4) is 17.9 Å². The Morgan fingerprint density at radius 3 is 2.58 bits per heavy atom. The normalized spacial score (nSPS) is 13.7. The fraction of sp³-hybridized carbons (Fsp3) is 0.304. The van der Waals surface area contributed by atoms with Crippen molar-refractivity contribution < 1.29 is 28.6 Å². The van der Waals surface area contributed by atoms with Gasteiger partial charge in [-0.3, -0.25) is 14.4 Å². The van der Waals surface area contributed by atoms with Crippen LogP contribution in [-0.4, -0.2) is 52.6 Å². The van der Waals surface area contributed by atoms with Crippen LogP contribution in [0.25, 0.3) is 0 Å². The second kappa shape index (κ2) is 9.25. The van der Waals surface area contributed by atoms with Crippen molar-refractivity contribution in [3.63, 3.8) is 0 Å². The van der Waals surface area contributed by atoms with E-state index in [2.05, 4.69) is 22.5 Å². The summed E-state index contributed by atoms with van der Waals surface area (Å²) in [7, 11) is 1.57. The predicted octanol–water partition coefficient (Wildman–Crippen LogP) is 0.969. The number of hydrogen-bond donors (Lipinski definition) is 3. The molecule has 0 radical (unpaired) electrons. The Labute approximate surface area is 189 Å². The number of nitrogens with one attached hydrogen (secondary N) is 2. The summed E-state index contributed by atoms with van der Waals surface area (Å²) in [5.41, 5.74) is -0.177. The van der Waals surface area contributed by atoms with Gasteiger partial charge in [0.05, 0.1) is 24.3 Å². The molecule has 0 aliphatic carbocycles. The molecule has 0 saturated carbocycles. The Hall–Kier alpha value is -3.99. The number of benzene rings is 1. The molecule has 1 aliphatic heterocycles. The number of aliphatic hydroxyl groups is 1. The van der Waals surface area contributed by atoms with E-state index in [-0.39, 0.29) is 41.3 Å². The fourth-order valence-electron chi connectivity index (χ4n) is 3.59. The number of ketones is 1. The lowest BCUT2D eigenvalue weighted by atomic mass is 9.96. The molecule has 1 aromatic carbocycles. The molecule has 10 heteroatoms. The van der Waals surface area contributed by atoms with Crippen molar-refractivity contribution in [2.24, 2.45) is 7.05 Å². The smallest absolute Gasteiger partial charge is 0.293 e. The second-order valence-corrected chi connectivity index (χ2v) is 7.57. The van der Waals surface area contributed by atoms with Crippen molar-refractivity contribution in [2.75, 3.05) is 25.1 Å². The number of hydrogen-bond acceptors (Lipinski definition) is 6. The predicted molar refractivity (Wildman–Crippen MR) is 115 cm³/mol. The first-order chi connectivity index (χ1) is 15.6. The standard InChI is InChI=1S/C23H21FN4O5/c1-13-18(20(30)22(32)27-23(7-4-8-29)11-33-12-23)14(2)28(3)19(13)21(31)26-16-5-6-17(24)15(9-16)10-25/h5-6,9,29H,8,11-12H2,1-3H3,(H,26,31)(H,27,32). The zero-order chi connectivity index (χ0) is 24.3.